The molecule has 2 amide bonds. The average Bonchev–Trinajstić information content (AvgIpc) is 2.66. The van der Waals surface area contributed by atoms with Crippen molar-refractivity contribution in [2.75, 3.05) is 37.6 Å². The normalized spacial score (nSPS) is 14.3. The third-order valence-corrected chi connectivity index (χ3v) is 4.41. The fraction of sp³-hybridized carbons (Fsp3) is 0.294. The van der Waals surface area contributed by atoms with E-state index in [1.165, 1.54) is 6.20 Å². The lowest BCUT2D eigenvalue weighted by atomic mass is 10.2. The molecule has 1 aliphatic heterocycles. The standard InChI is InChI=1S/C17H18BrN5O2/c18-14-9-13(10-19-11-14)17(25)21-12-16(24)23-7-5-22(6-8-23)15-3-1-2-4-20-15/h1-4,9-11H,5-8,12H2,(H,21,25). The number of nitrogens with one attached hydrogen (secondary N) is 1. The van der Waals surface area contributed by atoms with Crippen LogP contribution in [0.4, 0.5) is 5.82 Å². The molecule has 0 aromatic carbocycles. The highest BCUT2D eigenvalue weighted by Gasteiger charge is 2.22. The van der Waals surface area contributed by atoms with E-state index < -0.39 is 0 Å². The number of carbonyl (C=O) groups is 2. The van der Waals surface area contributed by atoms with Crippen LogP contribution in [-0.2, 0) is 4.79 Å². The summed E-state index contributed by atoms with van der Waals surface area (Å²) < 4.78 is 0.720. The van der Waals surface area contributed by atoms with Crippen molar-refractivity contribution in [2.45, 2.75) is 0 Å². The number of amides is 2. The van der Waals surface area contributed by atoms with E-state index >= 15 is 0 Å². The van der Waals surface area contributed by atoms with E-state index in [4.69, 9.17) is 0 Å². The van der Waals surface area contributed by atoms with Gasteiger partial charge in [0.1, 0.15) is 5.82 Å². The maximum Gasteiger partial charge on any atom is 0.253 e. The van der Waals surface area contributed by atoms with Crippen molar-refractivity contribution in [3.63, 3.8) is 0 Å². The minimum atomic E-state index is -0.311. The van der Waals surface area contributed by atoms with Gasteiger partial charge in [-0.1, -0.05) is 6.07 Å². The molecule has 0 aliphatic carbocycles. The van der Waals surface area contributed by atoms with Gasteiger partial charge in [0.2, 0.25) is 5.91 Å². The van der Waals surface area contributed by atoms with Crippen LogP contribution in [0, 0.1) is 0 Å². The first-order valence-corrected chi connectivity index (χ1v) is 8.75. The van der Waals surface area contributed by atoms with Crippen LogP contribution in [0.15, 0.2) is 47.3 Å². The van der Waals surface area contributed by atoms with E-state index in [0.717, 1.165) is 23.4 Å². The van der Waals surface area contributed by atoms with Crippen LogP contribution in [0.25, 0.3) is 0 Å². The number of rotatable bonds is 4. The third kappa shape index (κ3) is 4.54. The predicted octanol–water partition coefficient (Wildman–Crippen LogP) is 1.32. The molecule has 0 saturated carbocycles. The minimum absolute atomic E-state index is 0.0189. The van der Waals surface area contributed by atoms with Crippen LogP contribution in [-0.4, -0.2) is 59.4 Å². The van der Waals surface area contributed by atoms with Crippen LogP contribution < -0.4 is 10.2 Å². The van der Waals surface area contributed by atoms with Gasteiger partial charge in [0, 0.05) is 49.2 Å². The summed E-state index contributed by atoms with van der Waals surface area (Å²) in [6.45, 7) is 2.67. The summed E-state index contributed by atoms with van der Waals surface area (Å²) in [4.78, 5) is 36.5. The van der Waals surface area contributed by atoms with Gasteiger partial charge in [-0.15, -0.1) is 0 Å². The first-order valence-electron chi connectivity index (χ1n) is 7.96. The van der Waals surface area contributed by atoms with Crippen LogP contribution in [0.3, 0.4) is 0 Å². The van der Waals surface area contributed by atoms with E-state index in [-0.39, 0.29) is 18.4 Å². The van der Waals surface area contributed by atoms with Crippen LogP contribution in [0.1, 0.15) is 10.4 Å². The molecular weight excluding hydrogens is 386 g/mol. The Kier molecular flexibility index (Phi) is 5.60. The molecule has 3 heterocycles. The Hall–Kier alpha value is -2.48. The van der Waals surface area contributed by atoms with E-state index in [1.54, 1.807) is 23.4 Å². The Morgan fingerprint density at radius 2 is 1.96 bits per heavy atom. The van der Waals surface area contributed by atoms with Crippen molar-refractivity contribution in [1.29, 1.82) is 0 Å². The smallest absolute Gasteiger partial charge is 0.253 e. The van der Waals surface area contributed by atoms with Gasteiger partial charge in [0.05, 0.1) is 12.1 Å². The van der Waals surface area contributed by atoms with Crippen molar-refractivity contribution in [2.24, 2.45) is 0 Å². The lowest BCUT2D eigenvalue weighted by Crippen LogP contribution is -2.51. The zero-order valence-corrected chi connectivity index (χ0v) is 15.1. The largest absolute Gasteiger partial charge is 0.353 e. The summed E-state index contributed by atoms with van der Waals surface area (Å²) in [7, 11) is 0. The minimum Gasteiger partial charge on any atom is -0.353 e. The number of hydrogen-bond donors (Lipinski definition) is 1. The van der Waals surface area contributed by atoms with Gasteiger partial charge in [0.15, 0.2) is 0 Å². The Balaban J connectivity index is 1.47. The molecule has 0 atom stereocenters. The Labute approximate surface area is 154 Å². The lowest BCUT2D eigenvalue weighted by Gasteiger charge is -2.35. The van der Waals surface area contributed by atoms with E-state index in [0.29, 0.717) is 18.7 Å². The van der Waals surface area contributed by atoms with E-state index in [1.807, 2.05) is 18.2 Å². The van der Waals surface area contributed by atoms with Crippen molar-refractivity contribution in [1.82, 2.24) is 20.2 Å². The first-order chi connectivity index (χ1) is 12.1. The van der Waals surface area contributed by atoms with Gasteiger partial charge in [-0.25, -0.2) is 4.98 Å². The van der Waals surface area contributed by atoms with Crippen molar-refractivity contribution < 1.29 is 9.59 Å². The molecule has 0 bridgehead atoms. The summed E-state index contributed by atoms with van der Waals surface area (Å²) >= 11 is 3.27. The van der Waals surface area contributed by atoms with Gasteiger partial charge >= 0.3 is 0 Å². The highest BCUT2D eigenvalue weighted by atomic mass is 79.9. The molecule has 1 N–H and O–H groups in total. The SMILES string of the molecule is O=C(NCC(=O)N1CCN(c2ccccn2)CC1)c1cncc(Br)c1. The summed E-state index contributed by atoms with van der Waals surface area (Å²) in [6, 6.07) is 7.46. The molecule has 0 radical (unpaired) electrons. The number of hydrogen-bond acceptors (Lipinski definition) is 5. The average molecular weight is 404 g/mol. The maximum atomic E-state index is 12.3. The molecule has 0 unspecified atom stereocenters. The first kappa shape index (κ1) is 17.3. The topological polar surface area (TPSA) is 78.4 Å². The highest BCUT2D eigenvalue weighted by Crippen LogP contribution is 2.12. The predicted molar refractivity (Wildman–Crippen MR) is 97.3 cm³/mol. The van der Waals surface area contributed by atoms with Crippen LogP contribution in [0.2, 0.25) is 0 Å². The summed E-state index contributed by atoms with van der Waals surface area (Å²) in [5, 5.41) is 2.65. The van der Waals surface area contributed by atoms with E-state index in [2.05, 4.69) is 36.1 Å². The zero-order chi connectivity index (χ0) is 17.6. The molecule has 0 spiro atoms. The molecule has 8 heteroatoms. The number of pyridine rings is 2. The summed E-state index contributed by atoms with van der Waals surface area (Å²) in [5.41, 5.74) is 0.419. The number of halogens is 1. The van der Waals surface area contributed by atoms with E-state index in [9.17, 15) is 9.59 Å². The summed E-state index contributed by atoms with van der Waals surface area (Å²) in [5.74, 6) is 0.524. The Bertz CT molecular complexity index is 748. The van der Waals surface area contributed by atoms with Gasteiger partial charge in [0.25, 0.3) is 5.91 Å². The lowest BCUT2D eigenvalue weighted by molar-refractivity contribution is -0.130. The quantitative estimate of drug-likeness (QED) is 0.832. The number of anilines is 1. The third-order valence-electron chi connectivity index (χ3n) is 3.97. The molecule has 1 saturated heterocycles. The zero-order valence-electron chi connectivity index (χ0n) is 13.6. The number of carbonyl (C=O) groups excluding carboxylic acids is 2. The van der Waals surface area contributed by atoms with Gasteiger partial charge in [-0.2, -0.15) is 0 Å². The number of nitrogens with zero attached hydrogens (tertiary/aromatic N) is 4. The molecule has 1 fully saturated rings. The second-order valence-electron chi connectivity index (χ2n) is 5.63. The molecule has 1 aliphatic rings. The Morgan fingerprint density at radius 1 is 1.16 bits per heavy atom. The molecular formula is C17H18BrN5O2. The molecule has 25 heavy (non-hydrogen) atoms. The molecule has 2 aromatic rings. The number of piperazine rings is 1. The summed E-state index contributed by atoms with van der Waals surface area (Å²) in [6.07, 6.45) is 4.83. The number of aromatic nitrogens is 2. The molecule has 7 nitrogen and oxygen atoms in total. The second kappa shape index (κ2) is 8.06. The maximum absolute atomic E-state index is 12.3. The second-order valence-corrected chi connectivity index (χ2v) is 6.55. The van der Waals surface area contributed by atoms with Crippen molar-refractivity contribution in [3.05, 3.63) is 52.9 Å². The highest BCUT2D eigenvalue weighted by molar-refractivity contribution is 9.10. The molecule has 130 valence electrons. The van der Waals surface area contributed by atoms with Gasteiger partial charge in [-0.05, 0) is 34.1 Å². The van der Waals surface area contributed by atoms with Crippen molar-refractivity contribution in [3.8, 4) is 0 Å². The fourth-order valence-corrected chi connectivity index (χ4v) is 3.00. The van der Waals surface area contributed by atoms with Crippen LogP contribution in [0.5, 0.6) is 0 Å². The fourth-order valence-electron chi connectivity index (χ4n) is 2.63. The van der Waals surface area contributed by atoms with Gasteiger partial charge in [-0.3, -0.25) is 14.6 Å². The van der Waals surface area contributed by atoms with Crippen molar-refractivity contribution >= 4 is 33.6 Å². The molecule has 3 rings (SSSR count). The molecule has 2 aromatic heterocycles. The van der Waals surface area contributed by atoms with Crippen LogP contribution >= 0.6 is 15.9 Å². The van der Waals surface area contributed by atoms with Gasteiger partial charge < -0.3 is 15.1 Å². The monoisotopic (exact) mass is 403 g/mol. The Morgan fingerprint density at radius 3 is 2.64 bits per heavy atom.